The standard InChI is InChI=1S/C15H23NO2/c1-3-15(17)12-6-8-13(9-7-12)16-10-4-5-14(11-16)18-2/h6-9,14-15,17H,3-5,10-11H2,1-2H3/t14?,15-/m0/s1. The minimum atomic E-state index is -0.341. The van der Waals surface area contributed by atoms with Gasteiger partial charge < -0.3 is 14.7 Å². The van der Waals surface area contributed by atoms with Crippen LogP contribution in [-0.4, -0.2) is 31.4 Å². The second kappa shape index (κ2) is 6.21. The second-order valence-corrected chi connectivity index (χ2v) is 4.96. The molecular weight excluding hydrogens is 226 g/mol. The molecule has 1 aliphatic heterocycles. The van der Waals surface area contributed by atoms with Gasteiger partial charge in [0.2, 0.25) is 0 Å². The normalized spacial score (nSPS) is 21.9. The van der Waals surface area contributed by atoms with Crippen molar-refractivity contribution in [3.63, 3.8) is 0 Å². The number of hydrogen-bond acceptors (Lipinski definition) is 3. The van der Waals surface area contributed by atoms with Crippen molar-refractivity contribution < 1.29 is 9.84 Å². The number of rotatable bonds is 4. The lowest BCUT2D eigenvalue weighted by Crippen LogP contribution is -2.39. The minimum Gasteiger partial charge on any atom is -0.388 e. The first-order valence-corrected chi connectivity index (χ1v) is 6.80. The molecule has 1 aromatic rings. The Kier molecular flexibility index (Phi) is 4.61. The molecule has 1 unspecified atom stereocenters. The number of anilines is 1. The second-order valence-electron chi connectivity index (χ2n) is 4.96. The molecule has 100 valence electrons. The van der Waals surface area contributed by atoms with E-state index in [0.717, 1.165) is 31.5 Å². The quantitative estimate of drug-likeness (QED) is 0.890. The zero-order valence-electron chi connectivity index (χ0n) is 11.3. The van der Waals surface area contributed by atoms with Crippen LogP contribution in [0.3, 0.4) is 0 Å². The van der Waals surface area contributed by atoms with Gasteiger partial charge >= 0.3 is 0 Å². The lowest BCUT2D eigenvalue weighted by Gasteiger charge is -2.33. The Balaban J connectivity index is 2.04. The molecule has 1 aliphatic rings. The minimum absolute atomic E-state index is 0.341. The van der Waals surface area contributed by atoms with Crippen molar-refractivity contribution in [1.29, 1.82) is 0 Å². The molecule has 2 rings (SSSR count). The molecule has 0 saturated carbocycles. The van der Waals surface area contributed by atoms with Crippen molar-refractivity contribution in [1.82, 2.24) is 0 Å². The maximum atomic E-state index is 9.78. The Morgan fingerprint density at radius 2 is 2.11 bits per heavy atom. The van der Waals surface area contributed by atoms with E-state index in [4.69, 9.17) is 4.74 Å². The number of benzene rings is 1. The van der Waals surface area contributed by atoms with Gasteiger partial charge in [0.15, 0.2) is 0 Å². The topological polar surface area (TPSA) is 32.7 Å². The number of nitrogens with zero attached hydrogens (tertiary/aromatic N) is 1. The molecule has 1 aromatic carbocycles. The Morgan fingerprint density at radius 1 is 1.39 bits per heavy atom. The van der Waals surface area contributed by atoms with E-state index in [1.807, 2.05) is 19.1 Å². The van der Waals surface area contributed by atoms with Crippen molar-refractivity contribution in [3.05, 3.63) is 29.8 Å². The number of aliphatic hydroxyl groups excluding tert-OH is 1. The molecule has 1 heterocycles. The highest BCUT2D eigenvalue weighted by Gasteiger charge is 2.19. The van der Waals surface area contributed by atoms with E-state index in [1.54, 1.807) is 7.11 Å². The van der Waals surface area contributed by atoms with Crippen molar-refractivity contribution in [3.8, 4) is 0 Å². The fourth-order valence-electron chi connectivity index (χ4n) is 2.51. The van der Waals surface area contributed by atoms with Gasteiger partial charge in [0.1, 0.15) is 0 Å². The summed E-state index contributed by atoms with van der Waals surface area (Å²) in [5, 5.41) is 9.78. The molecule has 1 N–H and O–H groups in total. The summed E-state index contributed by atoms with van der Waals surface area (Å²) in [6, 6.07) is 8.26. The van der Waals surface area contributed by atoms with Crippen LogP contribution in [0.2, 0.25) is 0 Å². The van der Waals surface area contributed by atoms with Gasteiger partial charge in [-0.25, -0.2) is 0 Å². The largest absolute Gasteiger partial charge is 0.388 e. The molecule has 0 bridgehead atoms. The van der Waals surface area contributed by atoms with Crippen LogP contribution in [0.15, 0.2) is 24.3 Å². The van der Waals surface area contributed by atoms with Crippen molar-refractivity contribution in [2.24, 2.45) is 0 Å². The van der Waals surface area contributed by atoms with Gasteiger partial charge in [-0.3, -0.25) is 0 Å². The molecule has 1 fully saturated rings. The average Bonchev–Trinajstić information content (AvgIpc) is 2.46. The molecule has 0 amide bonds. The van der Waals surface area contributed by atoms with Gasteiger partial charge in [0.05, 0.1) is 12.2 Å². The Bertz CT molecular complexity index is 363. The fourth-order valence-corrected chi connectivity index (χ4v) is 2.51. The summed E-state index contributed by atoms with van der Waals surface area (Å²) in [4.78, 5) is 2.36. The molecule has 18 heavy (non-hydrogen) atoms. The highest BCUT2D eigenvalue weighted by atomic mass is 16.5. The molecular formula is C15H23NO2. The highest BCUT2D eigenvalue weighted by molar-refractivity contribution is 5.48. The maximum Gasteiger partial charge on any atom is 0.0787 e. The van der Waals surface area contributed by atoms with Gasteiger partial charge in [-0.2, -0.15) is 0 Å². The predicted molar refractivity (Wildman–Crippen MR) is 73.9 cm³/mol. The van der Waals surface area contributed by atoms with Crippen LogP contribution >= 0.6 is 0 Å². The van der Waals surface area contributed by atoms with Crippen LogP contribution < -0.4 is 4.90 Å². The van der Waals surface area contributed by atoms with Crippen molar-refractivity contribution >= 4 is 5.69 Å². The summed E-state index contributed by atoms with van der Waals surface area (Å²) >= 11 is 0. The SMILES string of the molecule is CC[C@H](O)c1ccc(N2CCCC(OC)C2)cc1. The van der Waals surface area contributed by atoms with E-state index in [2.05, 4.69) is 17.0 Å². The third-order valence-corrected chi connectivity index (χ3v) is 3.74. The van der Waals surface area contributed by atoms with Crippen LogP contribution in [0.1, 0.15) is 37.9 Å². The average molecular weight is 249 g/mol. The molecule has 0 aromatic heterocycles. The molecule has 2 atom stereocenters. The first-order valence-electron chi connectivity index (χ1n) is 6.80. The van der Waals surface area contributed by atoms with E-state index in [0.29, 0.717) is 6.10 Å². The zero-order chi connectivity index (χ0) is 13.0. The Morgan fingerprint density at radius 3 is 2.72 bits per heavy atom. The zero-order valence-corrected chi connectivity index (χ0v) is 11.3. The maximum absolute atomic E-state index is 9.78. The first-order chi connectivity index (χ1) is 8.74. The molecule has 3 nitrogen and oxygen atoms in total. The summed E-state index contributed by atoms with van der Waals surface area (Å²) in [6.45, 7) is 4.05. The lowest BCUT2D eigenvalue weighted by atomic mass is 10.0. The number of aliphatic hydroxyl groups is 1. The van der Waals surface area contributed by atoms with Crippen LogP contribution in [0.4, 0.5) is 5.69 Å². The van der Waals surface area contributed by atoms with Gasteiger partial charge in [-0.05, 0) is 37.0 Å². The lowest BCUT2D eigenvalue weighted by molar-refractivity contribution is 0.0893. The number of methoxy groups -OCH3 is 1. The molecule has 1 saturated heterocycles. The van der Waals surface area contributed by atoms with Gasteiger partial charge in [0.25, 0.3) is 0 Å². The number of hydrogen-bond donors (Lipinski definition) is 1. The van der Waals surface area contributed by atoms with E-state index < -0.39 is 0 Å². The number of piperidine rings is 1. The molecule has 0 aliphatic carbocycles. The van der Waals surface area contributed by atoms with E-state index in [9.17, 15) is 5.11 Å². The van der Waals surface area contributed by atoms with Gasteiger partial charge in [0, 0.05) is 25.9 Å². The molecule has 0 spiro atoms. The molecule has 3 heteroatoms. The van der Waals surface area contributed by atoms with E-state index >= 15 is 0 Å². The predicted octanol–water partition coefficient (Wildman–Crippen LogP) is 2.75. The summed E-state index contributed by atoms with van der Waals surface area (Å²) < 4.78 is 5.44. The van der Waals surface area contributed by atoms with Crippen LogP contribution in [0, 0.1) is 0 Å². The van der Waals surface area contributed by atoms with E-state index in [1.165, 1.54) is 12.1 Å². The van der Waals surface area contributed by atoms with Crippen molar-refractivity contribution in [2.75, 3.05) is 25.1 Å². The third kappa shape index (κ3) is 3.03. The van der Waals surface area contributed by atoms with Gasteiger partial charge in [-0.15, -0.1) is 0 Å². The monoisotopic (exact) mass is 249 g/mol. The van der Waals surface area contributed by atoms with Crippen molar-refractivity contribution in [2.45, 2.75) is 38.4 Å². The van der Waals surface area contributed by atoms with Crippen LogP contribution in [0.25, 0.3) is 0 Å². The Labute approximate surface area is 109 Å². The summed E-state index contributed by atoms with van der Waals surface area (Å²) in [5.41, 5.74) is 2.23. The number of ether oxygens (including phenoxy) is 1. The van der Waals surface area contributed by atoms with Crippen LogP contribution in [-0.2, 0) is 4.74 Å². The van der Waals surface area contributed by atoms with Gasteiger partial charge in [-0.1, -0.05) is 19.1 Å². The third-order valence-electron chi connectivity index (χ3n) is 3.74. The van der Waals surface area contributed by atoms with E-state index in [-0.39, 0.29) is 6.10 Å². The first kappa shape index (κ1) is 13.4. The molecule has 0 radical (unpaired) electrons. The summed E-state index contributed by atoms with van der Waals surface area (Å²) in [5.74, 6) is 0. The van der Waals surface area contributed by atoms with Crippen LogP contribution in [0.5, 0.6) is 0 Å². The summed E-state index contributed by atoms with van der Waals surface area (Å²) in [7, 11) is 1.79. The smallest absolute Gasteiger partial charge is 0.0787 e. The summed E-state index contributed by atoms with van der Waals surface area (Å²) in [6.07, 6.45) is 3.10. The fraction of sp³-hybridized carbons (Fsp3) is 0.600. The highest BCUT2D eigenvalue weighted by Crippen LogP contribution is 2.24. The Hall–Kier alpha value is -1.06.